The minimum absolute atomic E-state index is 0.0481. The summed E-state index contributed by atoms with van der Waals surface area (Å²) in [6.07, 6.45) is 3.85. The van der Waals surface area contributed by atoms with Gasteiger partial charge in [-0.2, -0.15) is 4.98 Å². The van der Waals surface area contributed by atoms with Crippen LogP contribution < -0.4 is 5.73 Å². The van der Waals surface area contributed by atoms with E-state index in [4.69, 9.17) is 5.73 Å². The summed E-state index contributed by atoms with van der Waals surface area (Å²) < 4.78 is 0. The maximum absolute atomic E-state index is 11.0. The monoisotopic (exact) mass is 290 g/mol. The summed E-state index contributed by atoms with van der Waals surface area (Å²) in [7, 11) is 0. The van der Waals surface area contributed by atoms with Gasteiger partial charge in [0.15, 0.2) is 10.7 Å². The first kappa shape index (κ1) is 12.2. The van der Waals surface area contributed by atoms with Gasteiger partial charge in [0.25, 0.3) is 0 Å². The number of anilines is 1. The summed E-state index contributed by atoms with van der Waals surface area (Å²) in [6.45, 7) is 0. The third-order valence-corrected chi connectivity index (χ3v) is 3.33. The van der Waals surface area contributed by atoms with E-state index in [0.717, 1.165) is 18.0 Å². The highest BCUT2D eigenvalue weighted by Crippen LogP contribution is 2.34. The van der Waals surface area contributed by atoms with E-state index in [9.17, 15) is 10.1 Å². The van der Waals surface area contributed by atoms with Crippen molar-refractivity contribution in [3.63, 3.8) is 0 Å². The summed E-state index contributed by atoms with van der Waals surface area (Å²) in [5, 5.41) is 11.5. The van der Waals surface area contributed by atoms with Gasteiger partial charge in [0, 0.05) is 0 Å². The van der Waals surface area contributed by atoms with Gasteiger partial charge in [-0.15, -0.1) is 0 Å². The van der Waals surface area contributed by atoms with Gasteiger partial charge >= 0.3 is 5.69 Å². The van der Waals surface area contributed by atoms with Crippen LogP contribution in [0.1, 0.15) is 0 Å². The number of hydrogen-bond acceptors (Lipinski definition) is 9. The summed E-state index contributed by atoms with van der Waals surface area (Å²) in [5.74, 6) is -0.0481. The van der Waals surface area contributed by atoms with Crippen molar-refractivity contribution in [3.05, 3.63) is 29.0 Å². The van der Waals surface area contributed by atoms with Gasteiger partial charge in [-0.05, 0) is 11.8 Å². The predicted octanol–water partition coefficient (Wildman–Crippen LogP) is 0.784. The normalized spacial score (nSPS) is 10.8. The van der Waals surface area contributed by atoms with Gasteiger partial charge in [-0.25, -0.2) is 19.9 Å². The molecule has 0 aliphatic heterocycles. The lowest BCUT2D eigenvalue weighted by Gasteiger charge is -2.02. The molecule has 3 aromatic rings. The minimum Gasteiger partial charge on any atom is -0.368 e. The zero-order chi connectivity index (χ0) is 14.1. The molecular formula is C9H6N8O2S. The molecule has 0 atom stereocenters. The lowest BCUT2D eigenvalue weighted by Crippen LogP contribution is -2.00. The molecule has 100 valence electrons. The van der Waals surface area contributed by atoms with Gasteiger partial charge in [0.2, 0.25) is 5.95 Å². The number of nitrogen functional groups attached to an aromatic ring is 1. The molecule has 0 aromatic carbocycles. The average molecular weight is 290 g/mol. The molecule has 0 aliphatic carbocycles. The van der Waals surface area contributed by atoms with E-state index in [1.807, 2.05) is 0 Å². The summed E-state index contributed by atoms with van der Waals surface area (Å²) in [4.78, 5) is 32.7. The van der Waals surface area contributed by atoms with Crippen LogP contribution in [0.15, 0.2) is 28.9 Å². The van der Waals surface area contributed by atoms with Crippen molar-refractivity contribution in [2.24, 2.45) is 0 Å². The largest absolute Gasteiger partial charge is 0.368 e. The molecule has 0 aliphatic rings. The number of nitrogens with one attached hydrogen (secondary N) is 1. The second-order valence-corrected chi connectivity index (χ2v) is 4.54. The Morgan fingerprint density at radius 1 is 1.25 bits per heavy atom. The number of rotatable bonds is 3. The molecule has 20 heavy (non-hydrogen) atoms. The van der Waals surface area contributed by atoms with E-state index in [2.05, 4.69) is 29.9 Å². The fraction of sp³-hybridized carbons (Fsp3) is 0. The van der Waals surface area contributed by atoms with Crippen LogP contribution in [0.3, 0.4) is 0 Å². The Kier molecular flexibility index (Phi) is 2.87. The molecule has 0 saturated carbocycles. The topological polar surface area (TPSA) is 149 Å². The van der Waals surface area contributed by atoms with E-state index in [1.54, 1.807) is 0 Å². The molecule has 0 saturated heterocycles. The summed E-state index contributed by atoms with van der Waals surface area (Å²) >= 11 is 0.996. The third kappa shape index (κ3) is 2.09. The lowest BCUT2D eigenvalue weighted by atomic mass is 10.5. The SMILES string of the molecule is Nc1ncc([N+](=O)[O-])c(Sc2ncnc3nc[nH]c23)n1. The van der Waals surface area contributed by atoms with Gasteiger partial charge in [0.05, 0.1) is 11.3 Å². The Balaban J connectivity index is 2.09. The van der Waals surface area contributed by atoms with Crippen molar-refractivity contribution in [1.29, 1.82) is 0 Å². The second-order valence-electron chi connectivity index (χ2n) is 3.56. The molecule has 3 aromatic heterocycles. The minimum atomic E-state index is -0.576. The molecule has 3 heterocycles. The Labute approximate surface area is 115 Å². The molecule has 0 amide bonds. The quantitative estimate of drug-likeness (QED) is 0.405. The molecule has 0 unspecified atom stereocenters. The Bertz CT molecular complexity index is 803. The molecule has 0 radical (unpaired) electrons. The molecule has 3 rings (SSSR count). The molecule has 3 N–H and O–H groups in total. The fourth-order valence-electron chi connectivity index (χ4n) is 1.48. The van der Waals surface area contributed by atoms with Crippen LogP contribution >= 0.6 is 11.8 Å². The van der Waals surface area contributed by atoms with Gasteiger partial charge in [-0.3, -0.25) is 10.1 Å². The van der Waals surface area contributed by atoms with Crippen molar-refractivity contribution in [2.75, 3.05) is 5.73 Å². The van der Waals surface area contributed by atoms with Gasteiger partial charge in [0.1, 0.15) is 23.1 Å². The Hall–Kier alpha value is -2.82. The van der Waals surface area contributed by atoms with Crippen LogP contribution in [-0.4, -0.2) is 34.8 Å². The highest BCUT2D eigenvalue weighted by molar-refractivity contribution is 7.99. The van der Waals surface area contributed by atoms with E-state index in [1.165, 1.54) is 12.7 Å². The van der Waals surface area contributed by atoms with Gasteiger partial charge < -0.3 is 10.7 Å². The molecule has 0 fully saturated rings. The van der Waals surface area contributed by atoms with Crippen molar-refractivity contribution < 1.29 is 4.92 Å². The number of fused-ring (bicyclic) bond motifs is 1. The van der Waals surface area contributed by atoms with Crippen LogP contribution in [0, 0.1) is 10.1 Å². The second kappa shape index (κ2) is 4.70. The Morgan fingerprint density at radius 3 is 2.90 bits per heavy atom. The van der Waals surface area contributed by atoms with E-state index < -0.39 is 4.92 Å². The van der Waals surface area contributed by atoms with E-state index in [0.29, 0.717) is 16.2 Å². The van der Waals surface area contributed by atoms with Crippen LogP contribution in [-0.2, 0) is 0 Å². The van der Waals surface area contributed by atoms with Crippen molar-refractivity contribution in [2.45, 2.75) is 10.1 Å². The van der Waals surface area contributed by atoms with Crippen LogP contribution in [0.5, 0.6) is 0 Å². The van der Waals surface area contributed by atoms with Crippen LogP contribution in [0.4, 0.5) is 11.6 Å². The molecule has 0 spiro atoms. The molecular weight excluding hydrogens is 284 g/mol. The lowest BCUT2D eigenvalue weighted by molar-refractivity contribution is -0.388. The van der Waals surface area contributed by atoms with E-state index >= 15 is 0 Å². The van der Waals surface area contributed by atoms with Crippen LogP contribution in [0.25, 0.3) is 11.2 Å². The smallest absolute Gasteiger partial charge is 0.320 e. The van der Waals surface area contributed by atoms with Gasteiger partial charge in [-0.1, -0.05) is 0 Å². The number of hydrogen-bond donors (Lipinski definition) is 2. The molecule has 0 bridgehead atoms. The van der Waals surface area contributed by atoms with Crippen LogP contribution in [0.2, 0.25) is 0 Å². The zero-order valence-corrected chi connectivity index (χ0v) is 10.5. The zero-order valence-electron chi connectivity index (χ0n) is 9.72. The third-order valence-electron chi connectivity index (χ3n) is 2.33. The maximum atomic E-state index is 11.0. The predicted molar refractivity (Wildman–Crippen MR) is 68.9 cm³/mol. The number of nitro groups is 1. The standard InChI is InChI=1S/C9H6N8O2S/c10-9-11-1-4(17(18)19)7(16-9)20-8-5-6(13-2-12-5)14-3-15-8/h1-3H,(H2,10,11,16)(H,12,13,14,15). The van der Waals surface area contributed by atoms with Crippen molar-refractivity contribution >= 4 is 34.6 Å². The van der Waals surface area contributed by atoms with Crippen molar-refractivity contribution in [1.82, 2.24) is 29.9 Å². The molecule has 11 heteroatoms. The average Bonchev–Trinajstić information content (AvgIpc) is 2.88. The number of nitrogens with zero attached hydrogens (tertiary/aromatic N) is 6. The molecule has 10 nitrogen and oxygen atoms in total. The van der Waals surface area contributed by atoms with Crippen molar-refractivity contribution in [3.8, 4) is 0 Å². The number of aromatic nitrogens is 6. The highest BCUT2D eigenvalue weighted by Gasteiger charge is 2.20. The first-order valence-corrected chi connectivity index (χ1v) is 6.05. The number of imidazole rings is 1. The number of aromatic amines is 1. The first-order valence-electron chi connectivity index (χ1n) is 5.24. The number of H-pyrrole nitrogens is 1. The fourth-order valence-corrected chi connectivity index (χ4v) is 2.39. The number of nitrogens with two attached hydrogens (primary N) is 1. The summed E-state index contributed by atoms with van der Waals surface area (Å²) in [5.41, 5.74) is 6.26. The Morgan fingerprint density at radius 2 is 2.10 bits per heavy atom. The summed E-state index contributed by atoms with van der Waals surface area (Å²) in [6, 6.07) is 0. The maximum Gasteiger partial charge on any atom is 0.320 e. The van der Waals surface area contributed by atoms with E-state index in [-0.39, 0.29) is 16.7 Å². The highest BCUT2D eigenvalue weighted by atomic mass is 32.2. The first-order chi connectivity index (χ1) is 9.65.